The Balaban J connectivity index is 2.01. The van der Waals surface area contributed by atoms with Crippen LogP contribution >= 0.6 is 0 Å². The van der Waals surface area contributed by atoms with Gasteiger partial charge in [0, 0.05) is 6.04 Å². The van der Waals surface area contributed by atoms with Gasteiger partial charge in [-0.25, -0.2) is 0 Å². The van der Waals surface area contributed by atoms with Gasteiger partial charge in [-0.2, -0.15) is 5.48 Å². The van der Waals surface area contributed by atoms with E-state index >= 15 is 0 Å². The summed E-state index contributed by atoms with van der Waals surface area (Å²) in [6.07, 6.45) is 4.09. The molecule has 0 radical (unpaired) electrons. The maximum Gasteiger partial charge on any atom is 0.0572 e. The molecule has 3 fully saturated rings. The molecule has 3 unspecified atom stereocenters. The fourth-order valence-electron chi connectivity index (χ4n) is 3.10. The second-order valence-corrected chi connectivity index (χ2v) is 4.87. The highest BCUT2D eigenvalue weighted by atomic mass is 16.6. The number of rotatable bonds is 2. The molecule has 2 bridgehead atoms. The third-order valence-electron chi connectivity index (χ3n) is 4.13. The molecule has 3 aliphatic carbocycles. The van der Waals surface area contributed by atoms with Crippen LogP contribution in [0.3, 0.4) is 0 Å². The molecule has 0 aromatic rings. The number of fused-ring (bicyclic) bond motifs is 2. The zero-order chi connectivity index (χ0) is 8.77. The topological polar surface area (TPSA) is 21.3 Å². The van der Waals surface area contributed by atoms with E-state index in [2.05, 4.69) is 19.3 Å². The van der Waals surface area contributed by atoms with Crippen molar-refractivity contribution in [3.05, 3.63) is 0 Å². The van der Waals surface area contributed by atoms with Crippen LogP contribution in [0, 0.1) is 17.3 Å². The van der Waals surface area contributed by atoms with Gasteiger partial charge in [-0.3, -0.25) is 0 Å². The summed E-state index contributed by atoms with van der Waals surface area (Å²) in [5, 5.41) is 0. The van der Waals surface area contributed by atoms with Crippen molar-refractivity contribution in [2.75, 3.05) is 7.11 Å². The molecule has 3 rings (SSSR count). The van der Waals surface area contributed by atoms with Crippen LogP contribution in [0.25, 0.3) is 0 Å². The van der Waals surface area contributed by atoms with Crippen molar-refractivity contribution in [3.8, 4) is 0 Å². The van der Waals surface area contributed by atoms with E-state index in [-0.39, 0.29) is 0 Å². The van der Waals surface area contributed by atoms with Gasteiger partial charge in [0.25, 0.3) is 0 Å². The number of nitrogens with one attached hydrogen (secondary N) is 1. The lowest BCUT2D eigenvalue weighted by atomic mass is 9.47. The number of hydroxylamine groups is 1. The van der Waals surface area contributed by atoms with Crippen molar-refractivity contribution in [2.24, 2.45) is 17.3 Å². The molecule has 12 heavy (non-hydrogen) atoms. The molecule has 3 atom stereocenters. The van der Waals surface area contributed by atoms with Gasteiger partial charge in [-0.15, -0.1) is 0 Å². The van der Waals surface area contributed by atoms with E-state index < -0.39 is 0 Å². The second kappa shape index (κ2) is 2.71. The highest BCUT2D eigenvalue weighted by Crippen LogP contribution is 2.58. The molecular formula is C10H19NO. The summed E-state index contributed by atoms with van der Waals surface area (Å²) in [6, 6.07) is 0.606. The summed E-state index contributed by atoms with van der Waals surface area (Å²) in [7, 11) is 1.72. The SMILES string of the molecule is CONC1CCC2CC1C2(C)C. The minimum atomic E-state index is 0.564. The zero-order valence-corrected chi connectivity index (χ0v) is 8.26. The third-order valence-corrected chi connectivity index (χ3v) is 4.13. The van der Waals surface area contributed by atoms with Gasteiger partial charge in [-0.1, -0.05) is 13.8 Å². The first-order valence-electron chi connectivity index (χ1n) is 4.94. The monoisotopic (exact) mass is 169 g/mol. The average Bonchev–Trinajstić information content (AvgIpc) is 2.05. The Kier molecular flexibility index (Phi) is 1.92. The van der Waals surface area contributed by atoms with E-state index in [0.29, 0.717) is 11.5 Å². The number of hydrogen-bond donors (Lipinski definition) is 1. The normalized spacial score (nSPS) is 43.8. The van der Waals surface area contributed by atoms with E-state index in [0.717, 1.165) is 11.8 Å². The van der Waals surface area contributed by atoms with E-state index in [9.17, 15) is 0 Å². The molecule has 2 heteroatoms. The number of hydrogen-bond acceptors (Lipinski definition) is 2. The van der Waals surface area contributed by atoms with Crippen LogP contribution in [0.5, 0.6) is 0 Å². The first-order chi connectivity index (χ1) is 5.66. The lowest BCUT2D eigenvalue weighted by molar-refractivity contribution is -0.120. The fourth-order valence-corrected chi connectivity index (χ4v) is 3.10. The van der Waals surface area contributed by atoms with Crippen molar-refractivity contribution in [2.45, 2.75) is 39.2 Å². The van der Waals surface area contributed by atoms with Gasteiger partial charge in [0.2, 0.25) is 0 Å². The predicted molar refractivity (Wildman–Crippen MR) is 48.5 cm³/mol. The van der Waals surface area contributed by atoms with Gasteiger partial charge in [0.05, 0.1) is 7.11 Å². The summed E-state index contributed by atoms with van der Waals surface area (Å²) < 4.78 is 0. The van der Waals surface area contributed by atoms with Crippen molar-refractivity contribution in [1.82, 2.24) is 5.48 Å². The van der Waals surface area contributed by atoms with E-state index in [4.69, 9.17) is 4.84 Å². The molecule has 70 valence electrons. The molecule has 0 aromatic heterocycles. The highest BCUT2D eigenvalue weighted by molar-refractivity contribution is 5.05. The summed E-state index contributed by atoms with van der Waals surface area (Å²) in [4.78, 5) is 5.02. The lowest BCUT2D eigenvalue weighted by Crippen LogP contribution is -2.58. The van der Waals surface area contributed by atoms with Crippen molar-refractivity contribution < 1.29 is 4.84 Å². The van der Waals surface area contributed by atoms with Crippen LogP contribution in [0.1, 0.15) is 33.1 Å². The fraction of sp³-hybridized carbons (Fsp3) is 1.00. The summed E-state index contributed by atoms with van der Waals surface area (Å²) in [5.74, 6) is 1.83. The van der Waals surface area contributed by atoms with Crippen LogP contribution < -0.4 is 5.48 Å². The smallest absolute Gasteiger partial charge is 0.0572 e. The van der Waals surface area contributed by atoms with Crippen LogP contribution in [-0.4, -0.2) is 13.2 Å². The lowest BCUT2D eigenvalue weighted by Gasteiger charge is -2.59. The molecule has 3 aliphatic rings. The quantitative estimate of drug-likeness (QED) is 0.638. The van der Waals surface area contributed by atoms with Crippen LogP contribution in [0.15, 0.2) is 0 Å². The molecule has 0 spiro atoms. The molecule has 1 N–H and O–H groups in total. The van der Waals surface area contributed by atoms with E-state index in [1.165, 1.54) is 19.3 Å². The molecular weight excluding hydrogens is 150 g/mol. The predicted octanol–water partition coefficient (Wildman–Crippen LogP) is 1.96. The molecule has 3 saturated carbocycles. The Morgan fingerprint density at radius 1 is 1.33 bits per heavy atom. The van der Waals surface area contributed by atoms with Crippen molar-refractivity contribution >= 4 is 0 Å². The first kappa shape index (κ1) is 8.52. The second-order valence-electron chi connectivity index (χ2n) is 4.87. The maximum atomic E-state index is 5.02. The molecule has 0 aromatic carbocycles. The third kappa shape index (κ3) is 1.01. The Labute approximate surface area is 74.6 Å². The first-order valence-corrected chi connectivity index (χ1v) is 4.94. The molecule has 0 amide bonds. The van der Waals surface area contributed by atoms with Gasteiger partial charge >= 0.3 is 0 Å². The molecule has 0 heterocycles. The van der Waals surface area contributed by atoms with Gasteiger partial charge in [0.15, 0.2) is 0 Å². The van der Waals surface area contributed by atoms with Crippen LogP contribution in [0.2, 0.25) is 0 Å². The van der Waals surface area contributed by atoms with Gasteiger partial charge in [0.1, 0.15) is 0 Å². The Hall–Kier alpha value is -0.0800. The van der Waals surface area contributed by atoms with E-state index in [1.54, 1.807) is 7.11 Å². The average molecular weight is 169 g/mol. The maximum absolute atomic E-state index is 5.02. The summed E-state index contributed by atoms with van der Waals surface area (Å²) in [5.41, 5.74) is 3.69. The van der Waals surface area contributed by atoms with Gasteiger partial charge in [-0.05, 0) is 36.5 Å². The Bertz CT molecular complexity index is 175. The van der Waals surface area contributed by atoms with Gasteiger partial charge < -0.3 is 4.84 Å². The van der Waals surface area contributed by atoms with Crippen LogP contribution in [-0.2, 0) is 4.84 Å². The minimum absolute atomic E-state index is 0.564. The highest BCUT2D eigenvalue weighted by Gasteiger charge is 2.54. The standard InChI is InChI=1S/C10H19NO/c1-10(2)7-4-5-9(11-12-3)8(10)6-7/h7-9,11H,4-6H2,1-3H3. The Morgan fingerprint density at radius 2 is 2.08 bits per heavy atom. The summed E-state index contributed by atoms with van der Waals surface area (Å²) >= 11 is 0. The molecule has 0 saturated heterocycles. The van der Waals surface area contributed by atoms with Crippen molar-refractivity contribution in [3.63, 3.8) is 0 Å². The largest absolute Gasteiger partial charge is 0.305 e. The molecule has 2 nitrogen and oxygen atoms in total. The van der Waals surface area contributed by atoms with E-state index in [1.807, 2.05) is 0 Å². The Morgan fingerprint density at radius 3 is 2.58 bits per heavy atom. The summed E-state index contributed by atoms with van der Waals surface area (Å²) in [6.45, 7) is 4.80. The minimum Gasteiger partial charge on any atom is -0.305 e. The van der Waals surface area contributed by atoms with Crippen LogP contribution in [0.4, 0.5) is 0 Å². The zero-order valence-electron chi connectivity index (χ0n) is 8.26. The van der Waals surface area contributed by atoms with Crippen molar-refractivity contribution in [1.29, 1.82) is 0 Å². The molecule has 0 aliphatic heterocycles.